The molecule has 116 valence electrons. The van der Waals surface area contributed by atoms with Gasteiger partial charge in [0, 0.05) is 7.05 Å². The first-order valence-electron chi connectivity index (χ1n) is 4.05. The Hall–Kier alpha value is -0.820. The van der Waals surface area contributed by atoms with Crippen LogP contribution in [0.1, 0.15) is 0 Å². The molecular formula is C6H5F10NO2. The van der Waals surface area contributed by atoms with Gasteiger partial charge in [-0.3, -0.25) is 4.84 Å². The van der Waals surface area contributed by atoms with Crippen LogP contribution in [0.25, 0.3) is 0 Å². The zero-order valence-corrected chi connectivity index (χ0v) is 8.75. The van der Waals surface area contributed by atoms with Crippen LogP contribution in [0, 0.1) is 0 Å². The second-order valence-corrected chi connectivity index (χ2v) is 3.02. The van der Waals surface area contributed by atoms with Crippen LogP contribution < -0.4 is 0 Å². The molecule has 0 aliphatic rings. The molecule has 13 heteroatoms. The van der Waals surface area contributed by atoms with E-state index in [9.17, 15) is 43.9 Å². The number of alkyl halides is 10. The smallest absolute Gasteiger partial charge is 0.267 e. The number of halogens is 10. The second-order valence-electron chi connectivity index (χ2n) is 3.02. The summed E-state index contributed by atoms with van der Waals surface area (Å²) in [4.78, 5) is 6.09. The van der Waals surface area contributed by atoms with Gasteiger partial charge in [-0.2, -0.15) is 48.7 Å². The fourth-order valence-corrected chi connectivity index (χ4v) is 0.493. The van der Waals surface area contributed by atoms with Crippen molar-refractivity contribution in [2.75, 3.05) is 13.7 Å². The molecule has 0 aliphatic carbocycles. The molecule has 0 unspecified atom stereocenters. The van der Waals surface area contributed by atoms with E-state index in [0.717, 1.165) is 0 Å². The Morgan fingerprint density at radius 1 is 0.789 bits per heavy atom. The Morgan fingerprint density at radius 3 is 1.53 bits per heavy atom. The Kier molecular flexibility index (Phi) is 5.05. The van der Waals surface area contributed by atoms with Crippen LogP contribution in [-0.4, -0.2) is 43.3 Å². The maximum atomic E-state index is 12.2. The van der Waals surface area contributed by atoms with Crippen molar-refractivity contribution in [1.82, 2.24) is 5.23 Å². The van der Waals surface area contributed by atoms with E-state index in [1.165, 1.54) is 0 Å². The fraction of sp³-hybridized carbons (Fsp3) is 1.00. The molecule has 0 spiro atoms. The van der Waals surface area contributed by atoms with E-state index in [1.807, 2.05) is 0 Å². The highest BCUT2D eigenvalue weighted by Gasteiger charge is 2.62. The Bertz CT molecular complexity index is 297. The second kappa shape index (κ2) is 5.28. The van der Waals surface area contributed by atoms with Crippen molar-refractivity contribution >= 4 is 0 Å². The summed E-state index contributed by atoms with van der Waals surface area (Å²) in [6.07, 6.45) is -18.1. The van der Waals surface area contributed by atoms with Crippen molar-refractivity contribution in [2.45, 2.75) is 24.4 Å². The van der Waals surface area contributed by atoms with Crippen molar-refractivity contribution in [3.63, 3.8) is 0 Å². The molecule has 0 fully saturated rings. The van der Waals surface area contributed by atoms with Crippen molar-refractivity contribution in [3.8, 4) is 0 Å². The highest BCUT2D eigenvalue weighted by molar-refractivity contribution is 4.74. The molecule has 0 saturated carbocycles. The minimum atomic E-state index is -6.20. The summed E-state index contributed by atoms with van der Waals surface area (Å²) in [6.45, 7) is -2.53. The van der Waals surface area contributed by atoms with Crippen LogP contribution in [0.15, 0.2) is 0 Å². The fourth-order valence-electron chi connectivity index (χ4n) is 0.493. The minimum absolute atomic E-state index is 0.145. The molecule has 0 saturated heterocycles. The van der Waals surface area contributed by atoms with Gasteiger partial charge in [0.05, 0.1) is 0 Å². The third-order valence-corrected chi connectivity index (χ3v) is 1.42. The number of hydrogen-bond donors (Lipinski definition) is 0. The summed E-state index contributed by atoms with van der Waals surface area (Å²) in [5.41, 5.74) is 0. The van der Waals surface area contributed by atoms with Crippen LogP contribution in [0.5, 0.6) is 0 Å². The quantitative estimate of drug-likeness (QED) is 0.575. The summed E-state index contributed by atoms with van der Waals surface area (Å²) in [7, 11) is 0.145. The molecule has 0 amide bonds. The van der Waals surface area contributed by atoms with Gasteiger partial charge < -0.3 is 0 Å². The molecule has 19 heavy (non-hydrogen) atoms. The zero-order valence-electron chi connectivity index (χ0n) is 8.75. The number of hydroxylamine groups is 2. The lowest BCUT2D eigenvalue weighted by Gasteiger charge is -2.26. The predicted molar refractivity (Wildman–Crippen MR) is 36.8 cm³/mol. The molecule has 0 aliphatic heterocycles. The van der Waals surface area contributed by atoms with E-state index in [4.69, 9.17) is 0 Å². The maximum Gasteiger partial charge on any atom is 0.484 e. The predicted octanol–water partition coefficient (Wildman–Crippen LogP) is 3.13. The molecule has 0 aromatic rings. The van der Waals surface area contributed by atoms with Crippen molar-refractivity contribution < 1.29 is 53.6 Å². The molecule has 0 radical (unpaired) electrons. The lowest BCUT2D eigenvalue weighted by molar-refractivity contribution is -0.512. The van der Waals surface area contributed by atoms with Crippen molar-refractivity contribution in [3.05, 3.63) is 0 Å². The van der Waals surface area contributed by atoms with Crippen molar-refractivity contribution in [2.24, 2.45) is 0 Å². The molecule has 0 rings (SSSR count). The van der Waals surface area contributed by atoms with Crippen LogP contribution >= 0.6 is 0 Å². The van der Waals surface area contributed by atoms with Gasteiger partial charge in [0.2, 0.25) is 0 Å². The van der Waals surface area contributed by atoms with Crippen LogP contribution in [0.2, 0.25) is 0 Å². The standard InChI is InChI=1S/C6H5F10NO2/c1-17(19-6(15,16)5(12,13)14)18-2-3(7,8)4(9,10)11/h2H2,1H3. The van der Waals surface area contributed by atoms with Gasteiger partial charge in [0.1, 0.15) is 6.61 Å². The molecule has 3 nitrogen and oxygen atoms in total. The van der Waals surface area contributed by atoms with Gasteiger partial charge >= 0.3 is 24.4 Å². The van der Waals surface area contributed by atoms with Crippen molar-refractivity contribution in [1.29, 1.82) is 0 Å². The summed E-state index contributed by atoms with van der Waals surface area (Å²) >= 11 is 0. The minimum Gasteiger partial charge on any atom is -0.267 e. The molecule has 0 aromatic heterocycles. The van der Waals surface area contributed by atoms with E-state index >= 15 is 0 Å². The third-order valence-electron chi connectivity index (χ3n) is 1.42. The molecule has 0 aromatic carbocycles. The summed E-state index contributed by atoms with van der Waals surface area (Å²) in [5, 5.41) is -0.937. The molecule has 0 heterocycles. The van der Waals surface area contributed by atoms with E-state index < -0.39 is 36.2 Å². The summed E-state index contributed by atoms with van der Waals surface area (Å²) in [6, 6.07) is 0. The van der Waals surface area contributed by atoms with Gasteiger partial charge in [-0.05, 0) is 0 Å². The van der Waals surface area contributed by atoms with Crippen LogP contribution in [0.3, 0.4) is 0 Å². The highest BCUT2D eigenvalue weighted by atomic mass is 19.4. The van der Waals surface area contributed by atoms with E-state index in [1.54, 1.807) is 0 Å². The normalized spacial score (nSPS) is 15.2. The first-order valence-corrected chi connectivity index (χ1v) is 4.05. The number of rotatable bonds is 5. The highest BCUT2D eigenvalue weighted by Crippen LogP contribution is 2.38. The third kappa shape index (κ3) is 4.99. The first-order chi connectivity index (χ1) is 8.10. The SMILES string of the molecule is CN(OCC(F)(F)C(F)(F)F)OC(F)(F)C(F)(F)F. The first kappa shape index (κ1) is 18.2. The van der Waals surface area contributed by atoms with Gasteiger partial charge in [-0.25, -0.2) is 0 Å². The Balaban J connectivity index is 4.47. The van der Waals surface area contributed by atoms with E-state index in [0.29, 0.717) is 0 Å². The molecule has 0 N–H and O–H groups in total. The van der Waals surface area contributed by atoms with Crippen LogP contribution in [-0.2, 0) is 9.68 Å². The number of nitrogens with zero attached hydrogens (tertiary/aromatic N) is 1. The lowest BCUT2D eigenvalue weighted by atomic mass is 10.3. The van der Waals surface area contributed by atoms with Gasteiger partial charge in [-0.15, -0.1) is 0 Å². The largest absolute Gasteiger partial charge is 0.484 e. The summed E-state index contributed by atoms with van der Waals surface area (Å²) < 4.78 is 118. The zero-order chi connectivity index (χ0) is 15.7. The maximum absolute atomic E-state index is 12.2. The van der Waals surface area contributed by atoms with E-state index in [2.05, 4.69) is 9.68 Å². The monoisotopic (exact) mass is 313 g/mol. The van der Waals surface area contributed by atoms with Gasteiger partial charge in [0.15, 0.2) is 0 Å². The lowest BCUT2D eigenvalue weighted by Crippen LogP contribution is -2.46. The summed E-state index contributed by atoms with van der Waals surface area (Å²) in [5.74, 6) is -5.45. The molecule has 0 bridgehead atoms. The Labute approximate surface area is 98.1 Å². The van der Waals surface area contributed by atoms with Crippen LogP contribution in [0.4, 0.5) is 43.9 Å². The van der Waals surface area contributed by atoms with Gasteiger partial charge in [-0.1, -0.05) is 5.23 Å². The molecule has 0 atom stereocenters. The topological polar surface area (TPSA) is 21.7 Å². The Morgan fingerprint density at radius 2 is 1.21 bits per heavy atom. The van der Waals surface area contributed by atoms with E-state index in [-0.39, 0.29) is 7.05 Å². The molecular weight excluding hydrogens is 308 g/mol. The number of hydrogen-bond acceptors (Lipinski definition) is 3. The average Bonchev–Trinajstić information content (AvgIpc) is 2.10. The average molecular weight is 313 g/mol. The van der Waals surface area contributed by atoms with Gasteiger partial charge in [0.25, 0.3) is 0 Å².